The largest absolute Gasteiger partial charge is 0.352 e. The van der Waals surface area contributed by atoms with Gasteiger partial charge in [0.25, 0.3) is 5.91 Å². The second-order valence-corrected chi connectivity index (χ2v) is 6.09. The summed E-state index contributed by atoms with van der Waals surface area (Å²) in [7, 11) is 0. The summed E-state index contributed by atoms with van der Waals surface area (Å²) in [5.41, 5.74) is 6.66. The number of benzene rings is 1. The smallest absolute Gasteiger partial charge is 0.312 e. The Bertz CT molecular complexity index is 564. The molecule has 2 heterocycles. The van der Waals surface area contributed by atoms with E-state index in [1.165, 1.54) is 6.42 Å². The summed E-state index contributed by atoms with van der Waals surface area (Å²) in [5.74, 6) is 0.0868. The van der Waals surface area contributed by atoms with Crippen LogP contribution in [0, 0.1) is 0 Å². The van der Waals surface area contributed by atoms with Gasteiger partial charge in [0.1, 0.15) is 0 Å². The predicted molar refractivity (Wildman–Crippen MR) is 90.6 cm³/mol. The summed E-state index contributed by atoms with van der Waals surface area (Å²) >= 11 is 0. The van der Waals surface area contributed by atoms with Crippen LogP contribution in [0.5, 0.6) is 0 Å². The molecule has 1 aromatic rings. The summed E-state index contributed by atoms with van der Waals surface area (Å²) < 4.78 is 0. The number of carbonyl (C=O) groups excluding carboxylic acids is 2. The van der Waals surface area contributed by atoms with Gasteiger partial charge in [0, 0.05) is 37.3 Å². The summed E-state index contributed by atoms with van der Waals surface area (Å²) in [6.45, 7) is 1.99. The van der Waals surface area contributed by atoms with E-state index in [0.717, 1.165) is 31.5 Å². The van der Waals surface area contributed by atoms with E-state index in [9.17, 15) is 9.59 Å². The summed E-state index contributed by atoms with van der Waals surface area (Å²) in [6.07, 6.45) is 3.42. The van der Waals surface area contributed by atoms with Crippen molar-refractivity contribution in [3.63, 3.8) is 0 Å². The number of hydrogen-bond donors (Lipinski definition) is 3. The second kappa shape index (κ2) is 7.66. The topological polar surface area (TPSA) is 87.5 Å². The molecule has 2 unspecified atom stereocenters. The van der Waals surface area contributed by atoms with E-state index in [4.69, 9.17) is 5.73 Å². The molecule has 3 amide bonds. The summed E-state index contributed by atoms with van der Waals surface area (Å²) in [5, 5.41) is 6.12. The van der Waals surface area contributed by atoms with Crippen LogP contribution in [0.3, 0.4) is 0 Å². The van der Waals surface area contributed by atoms with Crippen LogP contribution in [0.15, 0.2) is 24.3 Å². The van der Waals surface area contributed by atoms with Gasteiger partial charge < -0.3 is 21.3 Å². The number of nitrogens with two attached hydrogens (primary N) is 1. The molecule has 0 aromatic heterocycles. The van der Waals surface area contributed by atoms with Gasteiger partial charge in [-0.05, 0) is 37.0 Å². The Morgan fingerprint density at radius 1 is 1.17 bits per heavy atom. The van der Waals surface area contributed by atoms with Crippen molar-refractivity contribution in [2.45, 2.75) is 37.9 Å². The van der Waals surface area contributed by atoms with Crippen LogP contribution < -0.4 is 16.4 Å². The summed E-state index contributed by atoms with van der Waals surface area (Å²) in [6, 6.07) is 7.80. The average molecular weight is 339 g/mol. The molecule has 0 spiro atoms. The maximum Gasteiger partial charge on any atom is 0.312 e. The molecule has 2 aliphatic rings. The third-order valence-electron chi connectivity index (χ3n) is 4.48. The lowest BCUT2D eigenvalue weighted by molar-refractivity contribution is 0.0748. The molecule has 4 N–H and O–H groups in total. The fraction of sp³-hybridized carbons (Fsp3) is 0.500. The minimum Gasteiger partial charge on any atom is -0.352 e. The van der Waals surface area contributed by atoms with E-state index >= 15 is 0 Å². The minimum absolute atomic E-state index is 0. The lowest BCUT2D eigenvalue weighted by Crippen LogP contribution is -2.39. The fourth-order valence-electron chi connectivity index (χ4n) is 3.26. The number of carbonyl (C=O) groups is 2. The highest BCUT2D eigenvalue weighted by atomic mass is 35.5. The van der Waals surface area contributed by atoms with Crippen molar-refractivity contribution in [2.24, 2.45) is 5.73 Å². The SMILES string of the molecule is Cl.NC(=O)NCc1ccc(C(=O)N2CCC3CCC(C2)N3)cc1. The number of likely N-dealkylation sites (tertiary alicyclic amines) is 1. The highest BCUT2D eigenvalue weighted by Crippen LogP contribution is 2.21. The molecule has 2 aliphatic heterocycles. The molecule has 2 atom stereocenters. The van der Waals surface area contributed by atoms with Crippen LogP contribution in [0.1, 0.15) is 35.2 Å². The molecule has 1 aromatic carbocycles. The maximum atomic E-state index is 12.6. The quantitative estimate of drug-likeness (QED) is 0.775. The molecular formula is C16H23ClN4O2. The molecule has 6 nitrogen and oxygen atoms in total. The Morgan fingerprint density at radius 2 is 1.87 bits per heavy atom. The Balaban J connectivity index is 0.00000192. The molecule has 126 valence electrons. The maximum absolute atomic E-state index is 12.6. The number of primary amides is 1. The number of nitrogens with one attached hydrogen (secondary N) is 2. The number of fused-ring (bicyclic) bond motifs is 2. The van der Waals surface area contributed by atoms with E-state index in [2.05, 4.69) is 10.6 Å². The molecule has 0 aliphatic carbocycles. The van der Waals surface area contributed by atoms with E-state index in [1.807, 2.05) is 29.2 Å². The highest BCUT2D eigenvalue weighted by Gasteiger charge is 2.31. The van der Waals surface area contributed by atoms with Gasteiger partial charge in [0.2, 0.25) is 0 Å². The van der Waals surface area contributed by atoms with Crippen LogP contribution in [0.4, 0.5) is 4.79 Å². The molecule has 0 saturated carbocycles. The van der Waals surface area contributed by atoms with Gasteiger partial charge in [0.05, 0.1) is 0 Å². The first kappa shape index (κ1) is 17.6. The van der Waals surface area contributed by atoms with Gasteiger partial charge in [-0.2, -0.15) is 0 Å². The highest BCUT2D eigenvalue weighted by molar-refractivity contribution is 5.94. The van der Waals surface area contributed by atoms with E-state index in [1.54, 1.807) is 0 Å². The first-order valence-electron chi connectivity index (χ1n) is 7.79. The monoisotopic (exact) mass is 338 g/mol. The van der Waals surface area contributed by atoms with Crippen LogP contribution in [-0.2, 0) is 6.54 Å². The predicted octanol–water partition coefficient (Wildman–Crippen LogP) is 1.24. The molecule has 23 heavy (non-hydrogen) atoms. The lowest BCUT2D eigenvalue weighted by atomic mass is 10.1. The molecule has 2 bridgehead atoms. The van der Waals surface area contributed by atoms with Gasteiger partial charge in [-0.3, -0.25) is 4.79 Å². The number of rotatable bonds is 3. The van der Waals surface area contributed by atoms with Crippen molar-refractivity contribution in [3.8, 4) is 0 Å². The van der Waals surface area contributed by atoms with Gasteiger partial charge in [-0.15, -0.1) is 12.4 Å². The molecule has 2 saturated heterocycles. The van der Waals surface area contributed by atoms with Crippen LogP contribution in [0.2, 0.25) is 0 Å². The Kier molecular flexibility index (Phi) is 5.85. The van der Waals surface area contributed by atoms with Gasteiger partial charge >= 0.3 is 6.03 Å². The number of hydrogen-bond acceptors (Lipinski definition) is 3. The van der Waals surface area contributed by atoms with Crippen molar-refractivity contribution in [2.75, 3.05) is 13.1 Å². The standard InChI is InChI=1S/C16H22N4O2.ClH/c17-16(22)18-9-11-1-3-12(4-2-11)15(21)20-8-7-13-5-6-14(10-20)19-13;/h1-4,13-14,19H,5-10H2,(H3,17,18,22);1H. The molecule has 0 radical (unpaired) electrons. The van der Waals surface area contributed by atoms with Crippen LogP contribution in [-0.4, -0.2) is 42.0 Å². The lowest BCUT2D eigenvalue weighted by Gasteiger charge is -2.24. The van der Waals surface area contributed by atoms with Crippen molar-refractivity contribution < 1.29 is 9.59 Å². The molecule has 2 fully saturated rings. The van der Waals surface area contributed by atoms with Crippen molar-refractivity contribution in [1.29, 1.82) is 0 Å². The average Bonchev–Trinajstić information content (AvgIpc) is 2.84. The Morgan fingerprint density at radius 3 is 2.57 bits per heavy atom. The van der Waals surface area contributed by atoms with Crippen molar-refractivity contribution >= 4 is 24.3 Å². The third kappa shape index (κ3) is 4.36. The van der Waals surface area contributed by atoms with E-state index in [-0.39, 0.29) is 18.3 Å². The third-order valence-corrected chi connectivity index (χ3v) is 4.48. The summed E-state index contributed by atoms with van der Waals surface area (Å²) in [4.78, 5) is 25.3. The second-order valence-electron chi connectivity index (χ2n) is 6.09. The van der Waals surface area contributed by atoms with E-state index < -0.39 is 6.03 Å². The van der Waals surface area contributed by atoms with E-state index in [0.29, 0.717) is 24.2 Å². The Labute approximate surface area is 142 Å². The molecule has 3 rings (SSSR count). The van der Waals surface area contributed by atoms with Gasteiger partial charge in [0.15, 0.2) is 0 Å². The zero-order chi connectivity index (χ0) is 15.5. The zero-order valence-corrected chi connectivity index (χ0v) is 13.8. The number of urea groups is 1. The molecular weight excluding hydrogens is 316 g/mol. The number of nitrogens with zero attached hydrogens (tertiary/aromatic N) is 1. The Hall–Kier alpha value is -1.79. The normalized spacial score (nSPS) is 22.9. The number of amides is 3. The van der Waals surface area contributed by atoms with Crippen LogP contribution >= 0.6 is 12.4 Å². The van der Waals surface area contributed by atoms with Gasteiger partial charge in [-0.1, -0.05) is 12.1 Å². The number of halogens is 1. The first-order valence-corrected chi connectivity index (χ1v) is 7.79. The van der Waals surface area contributed by atoms with Crippen LogP contribution in [0.25, 0.3) is 0 Å². The van der Waals surface area contributed by atoms with Gasteiger partial charge in [-0.25, -0.2) is 4.79 Å². The zero-order valence-electron chi connectivity index (χ0n) is 13.0. The van der Waals surface area contributed by atoms with Crippen molar-refractivity contribution in [3.05, 3.63) is 35.4 Å². The van der Waals surface area contributed by atoms with Crippen molar-refractivity contribution in [1.82, 2.24) is 15.5 Å². The molecule has 7 heteroatoms. The minimum atomic E-state index is -0.549. The first-order chi connectivity index (χ1) is 10.6. The fourth-order valence-corrected chi connectivity index (χ4v) is 3.26.